The summed E-state index contributed by atoms with van der Waals surface area (Å²) in [5.41, 5.74) is -1.02. The minimum atomic E-state index is -4.52. The van der Waals surface area contributed by atoms with Crippen molar-refractivity contribution in [1.29, 1.82) is 0 Å². The second-order valence-corrected chi connectivity index (χ2v) is 9.73. The molecule has 1 atom stereocenters. The van der Waals surface area contributed by atoms with Crippen LogP contribution in [0.15, 0.2) is 35.9 Å². The first-order valence-electron chi connectivity index (χ1n) is 11.3. The molecule has 1 saturated carbocycles. The molecule has 33 heavy (non-hydrogen) atoms. The van der Waals surface area contributed by atoms with E-state index in [1.807, 2.05) is 11.8 Å². The molecule has 1 saturated heterocycles. The van der Waals surface area contributed by atoms with Gasteiger partial charge in [-0.15, -0.1) is 11.8 Å². The predicted molar refractivity (Wildman–Crippen MR) is 121 cm³/mol. The van der Waals surface area contributed by atoms with Crippen LogP contribution in [0, 0.1) is 0 Å². The summed E-state index contributed by atoms with van der Waals surface area (Å²) in [6.45, 7) is 1.47. The topological polar surface area (TPSA) is 64.7 Å². The van der Waals surface area contributed by atoms with Crippen molar-refractivity contribution in [2.45, 2.75) is 56.4 Å². The van der Waals surface area contributed by atoms with Crippen molar-refractivity contribution in [1.82, 2.24) is 20.4 Å². The zero-order valence-electron chi connectivity index (χ0n) is 18.3. The number of amides is 2. The third-order valence-electron chi connectivity index (χ3n) is 6.67. The van der Waals surface area contributed by atoms with E-state index in [0.717, 1.165) is 50.4 Å². The highest BCUT2D eigenvalue weighted by atomic mass is 32.2. The van der Waals surface area contributed by atoms with Crippen molar-refractivity contribution in [3.8, 4) is 0 Å². The number of nitrogens with zero attached hydrogens (tertiary/aromatic N) is 2. The van der Waals surface area contributed by atoms with Crippen LogP contribution in [-0.4, -0.2) is 65.3 Å². The summed E-state index contributed by atoms with van der Waals surface area (Å²) in [4.78, 5) is 29.4. The van der Waals surface area contributed by atoms with E-state index in [1.54, 1.807) is 0 Å². The molecule has 10 heteroatoms. The van der Waals surface area contributed by atoms with Crippen molar-refractivity contribution in [3.63, 3.8) is 0 Å². The number of likely N-dealkylation sites (tertiary alicyclic amines) is 1. The fraction of sp³-hybridized carbons (Fsp3) is 0.565. The lowest BCUT2D eigenvalue weighted by molar-refractivity contribution is -0.137. The molecule has 1 aliphatic carbocycles. The van der Waals surface area contributed by atoms with E-state index < -0.39 is 17.6 Å². The van der Waals surface area contributed by atoms with E-state index in [9.17, 15) is 22.8 Å². The van der Waals surface area contributed by atoms with Gasteiger partial charge >= 0.3 is 6.18 Å². The van der Waals surface area contributed by atoms with Gasteiger partial charge in [0.25, 0.3) is 5.91 Å². The van der Waals surface area contributed by atoms with Crippen LogP contribution in [0.2, 0.25) is 0 Å². The number of alkyl halides is 3. The van der Waals surface area contributed by atoms with Gasteiger partial charge in [-0.05, 0) is 55.7 Å². The highest BCUT2D eigenvalue weighted by molar-refractivity contribution is 8.02. The Morgan fingerprint density at radius 2 is 1.85 bits per heavy atom. The van der Waals surface area contributed by atoms with Gasteiger partial charge in [0.2, 0.25) is 5.91 Å². The first kappa shape index (κ1) is 23.9. The average molecular weight is 483 g/mol. The maximum absolute atomic E-state index is 12.8. The molecule has 3 aliphatic rings. The van der Waals surface area contributed by atoms with E-state index in [2.05, 4.69) is 32.0 Å². The third kappa shape index (κ3) is 6.23. The lowest BCUT2D eigenvalue weighted by atomic mass is 9.89. The molecule has 1 aromatic carbocycles. The summed E-state index contributed by atoms with van der Waals surface area (Å²) in [7, 11) is 0. The van der Waals surface area contributed by atoms with E-state index in [4.69, 9.17) is 0 Å². The molecule has 2 N–H and O–H groups in total. The van der Waals surface area contributed by atoms with Crippen LogP contribution in [0.25, 0.3) is 0 Å². The first-order valence-corrected chi connectivity index (χ1v) is 12.4. The van der Waals surface area contributed by atoms with Crippen LogP contribution in [0.3, 0.4) is 0 Å². The lowest BCUT2D eigenvalue weighted by Gasteiger charge is -2.38. The van der Waals surface area contributed by atoms with E-state index >= 15 is 0 Å². The van der Waals surface area contributed by atoms with Gasteiger partial charge in [0.1, 0.15) is 0 Å². The van der Waals surface area contributed by atoms with Crippen LogP contribution in [0.5, 0.6) is 0 Å². The Labute approximate surface area is 195 Å². The predicted octanol–water partition coefficient (Wildman–Crippen LogP) is 3.41. The van der Waals surface area contributed by atoms with Gasteiger partial charge in [-0.25, -0.2) is 0 Å². The number of hydrogen-bond donors (Lipinski definition) is 2. The molecule has 2 amide bonds. The summed E-state index contributed by atoms with van der Waals surface area (Å²) < 4.78 is 38.5. The van der Waals surface area contributed by atoms with Crippen LogP contribution in [0.1, 0.15) is 48.0 Å². The maximum Gasteiger partial charge on any atom is 0.416 e. The number of nitrogens with one attached hydrogen (secondary N) is 2. The SMILES string of the molecule is O=C(CNC(=O)c1cccc(C(F)(F)F)c1)N[C@@H]1CCN(C2CCC(N3C=CSC3)CC2)C1. The third-order valence-corrected chi connectivity index (χ3v) is 7.43. The number of thioether (sulfide) groups is 1. The zero-order chi connectivity index (χ0) is 23.4. The van der Waals surface area contributed by atoms with Crippen LogP contribution in [-0.2, 0) is 11.0 Å². The van der Waals surface area contributed by atoms with Crippen LogP contribution < -0.4 is 10.6 Å². The fourth-order valence-electron chi connectivity index (χ4n) is 4.89. The van der Waals surface area contributed by atoms with Gasteiger partial charge in [0.15, 0.2) is 0 Å². The molecule has 0 unspecified atom stereocenters. The van der Waals surface area contributed by atoms with Crippen molar-refractivity contribution in [3.05, 3.63) is 47.0 Å². The van der Waals surface area contributed by atoms with E-state index in [1.165, 1.54) is 25.0 Å². The molecule has 0 aromatic heterocycles. The van der Waals surface area contributed by atoms with Crippen molar-refractivity contribution in [2.24, 2.45) is 0 Å². The Morgan fingerprint density at radius 1 is 1.09 bits per heavy atom. The Hall–Kier alpha value is -2.20. The van der Waals surface area contributed by atoms with E-state index in [-0.39, 0.29) is 24.1 Å². The monoisotopic (exact) mass is 482 g/mol. The molecule has 0 spiro atoms. The summed E-state index contributed by atoms with van der Waals surface area (Å²) in [6, 6.07) is 5.37. The smallest absolute Gasteiger partial charge is 0.364 e. The quantitative estimate of drug-likeness (QED) is 0.651. The normalized spacial score (nSPS) is 25.9. The molecular formula is C23H29F3N4O2S. The molecule has 2 aliphatic heterocycles. The summed E-state index contributed by atoms with van der Waals surface area (Å²) in [5, 5.41) is 7.52. The summed E-state index contributed by atoms with van der Waals surface area (Å²) >= 11 is 1.84. The number of carbonyl (C=O) groups is 2. The highest BCUT2D eigenvalue weighted by Crippen LogP contribution is 2.32. The molecule has 6 nitrogen and oxygen atoms in total. The van der Waals surface area contributed by atoms with Crippen LogP contribution in [0.4, 0.5) is 13.2 Å². The maximum atomic E-state index is 12.8. The van der Waals surface area contributed by atoms with Crippen molar-refractivity contribution in [2.75, 3.05) is 25.5 Å². The second kappa shape index (κ2) is 10.4. The molecule has 4 rings (SSSR count). The average Bonchev–Trinajstić information content (AvgIpc) is 3.50. The summed E-state index contributed by atoms with van der Waals surface area (Å²) in [5.74, 6) is 0.0220. The second-order valence-electron chi connectivity index (χ2n) is 8.87. The number of carbonyl (C=O) groups excluding carboxylic acids is 2. The number of hydrogen-bond acceptors (Lipinski definition) is 5. The van der Waals surface area contributed by atoms with Gasteiger partial charge in [-0.2, -0.15) is 13.2 Å². The molecule has 1 aromatic rings. The van der Waals surface area contributed by atoms with Crippen molar-refractivity contribution >= 4 is 23.6 Å². The van der Waals surface area contributed by atoms with Gasteiger partial charge in [-0.3, -0.25) is 14.5 Å². The molecule has 0 bridgehead atoms. The molecular weight excluding hydrogens is 453 g/mol. The number of rotatable bonds is 6. The van der Waals surface area contributed by atoms with Crippen molar-refractivity contribution < 1.29 is 22.8 Å². The zero-order valence-corrected chi connectivity index (χ0v) is 19.1. The van der Waals surface area contributed by atoms with E-state index in [0.29, 0.717) is 12.1 Å². The minimum Gasteiger partial charge on any atom is -0.364 e. The Balaban J connectivity index is 1.18. The Kier molecular flexibility index (Phi) is 7.53. The molecule has 2 fully saturated rings. The number of halogens is 3. The first-order chi connectivity index (χ1) is 15.8. The largest absolute Gasteiger partial charge is 0.416 e. The minimum absolute atomic E-state index is 0.0265. The number of benzene rings is 1. The Morgan fingerprint density at radius 3 is 2.55 bits per heavy atom. The Bertz CT molecular complexity index is 887. The lowest BCUT2D eigenvalue weighted by Crippen LogP contribution is -2.45. The fourth-order valence-corrected chi connectivity index (χ4v) is 5.69. The molecule has 2 heterocycles. The van der Waals surface area contributed by atoms with Gasteiger partial charge in [0.05, 0.1) is 18.0 Å². The van der Waals surface area contributed by atoms with Crippen LogP contribution >= 0.6 is 11.8 Å². The highest BCUT2D eigenvalue weighted by Gasteiger charge is 2.33. The molecule has 180 valence electrons. The van der Waals surface area contributed by atoms with Gasteiger partial charge in [-0.1, -0.05) is 6.07 Å². The van der Waals surface area contributed by atoms with Gasteiger partial charge in [0, 0.05) is 43.0 Å². The van der Waals surface area contributed by atoms with Gasteiger partial charge < -0.3 is 15.5 Å². The summed E-state index contributed by atoms with van der Waals surface area (Å²) in [6.07, 6.45) is 3.23. The molecule has 0 radical (unpaired) electrons. The standard InChI is InChI=1S/C23H29F3N4O2S/c24-23(25,26)17-3-1-2-16(12-17)22(32)27-13-21(31)28-18-8-9-29(14-18)19-4-6-20(7-5-19)30-10-11-33-15-30/h1-3,10-12,18-20H,4-9,13-15H2,(H,27,32)(H,28,31)/t18-,19?,20?/m1/s1.